The van der Waals surface area contributed by atoms with Crippen LogP contribution in [0.25, 0.3) is 0 Å². The molecule has 1 fully saturated rings. The first-order valence-corrected chi connectivity index (χ1v) is 9.37. The normalized spacial score (nSPS) is 14.1. The van der Waals surface area contributed by atoms with Crippen molar-refractivity contribution in [2.24, 2.45) is 0 Å². The number of nitrogens with zero attached hydrogens (tertiary/aromatic N) is 2. The van der Waals surface area contributed by atoms with E-state index in [1.54, 1.807) is 21.6 Å². The minimum atomic E-state index is -0.180. The number of carbonyl (C=O) groups excluding carboxylic acids is 2. The first kappa shape index (κ1) is 17.4. The summed E-state index contributed by atoms with van der Waals surface area (Å²) in [5.41, 5.74) is 2.80. The molecule has 0 unspecified atom stereocenters. The standard InChI is InChI=1S/C19H21N3O2S/c1-14-7-9-15(10-8-14)22-12-11-21(19(22)24)13-18(23)20-16-5-3-4-6-17(16)25-2/h3-10H,11-13H2,1-2H3,(H,20,23). The molecule has 0 aromatic heterocycles. The molecule has 0 radical (unpaired) electrons. The van der Waals surface area contributed by atoms with Crippen LogP contribution in [0, 0.1) is 6.92 Å². The zero-order valence-electron chi connectivity index (χ0n) is 14.4. The zero-order valence-corrected chi connectivity index (χ0v) is 15.2. The summed E-state index contributed by atoms with van der Waals surface area (Å²) < 4.78 is 0. The van der Waals surface area contributed by atoms with E-state index in [0.717, 1.165) is 21.8 Å². The van der Waals surface area contributed by atoms with Gasteiger partial charge in [-0.3, -0.25) is 9.69 Å². The first-order chi connectivity index (χ1) is 12.1. The van der Waals surface area contributed by atoms with Gasteiger partial charge in [-0.15, -0.1) is 11.8 Å². The third kappa shape index (κ3) is 3.96. The third-order valence-electron chi connectivity index (χ3n) is 4.16. The average molecular weight is 355 g/mol. The van der Waals surface area contributed by atoms with Crippen molar-refractivity contribution in [3.63, 3.8) is 0 Å². The number of anilines is 2. The fourth-order valence-corrected chi connectivity index (χ4v) is 3.36. The van der Waals surface area contributed by atoms with Gasteiger partial charge in [-0.1, -0.05) is 29.8 Å². The summed E-state index contributed by atoms with van der Waals surface area (Å²) in [4.78, 5) is 29.2. The summed E-state index contributed by atoms with van der Waals surface area (Å²) in [6.45, 7) is 3.21. The van der Waals surface area contributed by atoms with Crippen LogP contribution in [0.2, 0.25) is 0 Å². The van der Waals surface area contributed by atoms with Gasteiger partial charge in [-0.05, 0) is 37.4 Å². The SMILES string of the molecule is CSc1ccccc1NC(=O)CN1CCN(c2ccc(C)cc2)C1=O. The van der Waals surface area contributed by atoms with E-state index in [9.17, 15) is 9.59 Å². The minimum Gasteiger partial charge on any atom is -0.324 e. The maximum absolute atomic E-state index is 12.6. The van der Waals surface area contributed by atoms with Crippen molar-refractivity contribution >= 4 is 35.1 Å². The highest BCUT2D eigenvalue weighted by Crippen LogP contribution is 2.25. The smallest absolute Gasteiger partial charge is 0.324 e. The monoisotopic (exact) mass is 355 g/mol. The molecule has 0 aliphatic carbocycles. The van der Waals surface area contributed by atoms with E-state index in [0.29, 0.717) is 13.1 Å². The fourth-order valence-electron chi connectivity index (χ4n) is 2.80. The second-order valence-electron chi connectivity index (χ2n) is 5.94. The molecule has 3 rings (SSSR count). The van der Waals surface area contributed by atoms with Gasteiger partial charge in [0.05, 0.1) is 5.69 Å². The Labute approximate surface area is 152 Å². The number of benzene rings is 2. The van der Waals surface area contributed by atoms with Crippen LogP contribution < -0.4 is 10.2 Å². The molecule has 5 nitrogen and oxygen atoms in total. The van der Waals surface area contributed by atoms with E-state index in [2.05, 4.69) is 5.32 Å². The number of nitrogens with one attached hydrogen (secondary N) is 1. The molecular formula is C19H21N3O2S. The third-order valence-corrected chi connectivity index (χ3v) is 4.95. The van der Waals surface area contributed by atoms with Crippen LogP contribution >= 0.6 is 11.8 Å². The van der Waals surface area contributed by atoms with Crippen molar-refractivity contribution in [2.45, 2.75) is 11.8 Å². The van der Waals surface area contributed by atoms with E-state index in [4.69, 9.17) is 0 Å². The molecule has 0 bridgehead atoms. The van der Waals surface area contributed by atoms with Gasteiger partial charge in [0.1, 0.15) is 6.54 Å². The van der Waals surface area contributed by atoms with E-state index in [-0.39, 0.29) is 18.5 Å². The number of rotatable bonds is 5. The predicted octanol–water partition coefficient (Wildman–Crippen LogP) is 3.60. The second kappa shape index (κ2) is 7.61. The molecule has 1 heterocycles. The molecule has 0 saturated carbocycles. The number of thioether (sulfide) groups is 1. The number of hydrogen-bond acceptors (Lipinski definition) is 3. The van der Waals surface area contributed by atoms with Crippen LogP contribution in [0.1, 0.15) is 5.56 Å². The van der Waals surface area contributed by atoms with E-state index >= 15 is 0 Å². The predicted molar refractivity (Wildman–Crippen MR) is 102 cm³/mol. The molecule has 2 aromatic carbocycles. The van der Waals surface area contributed by atoms with Gasteiger partial charge in [0, 0.05) is 23.7 Å². The highest BCUT2D eigenvalue weighted by atomic mass is 32.2. The Bertz CT molecular complexity index is 776. The number of hydrogen-bond donors (Lipinski definition) is 1. The topological polar surface area (TPSA) is 52.7 Å². The van der Waals surface area contributed by atoms with Crippen LogP contribution in [0.3, 0.4) is 0 Å². The summed E-state index contributed by atoms with van der Waals surface area (Å²) in [7, 11) is 0. The Hall–Kier alpha value is -2.47. The van der Waals surface area contributed by atoms with Gasteiger partial charge >= 0.3 is 6.03 Å². The van der Waals surface area contributed by atoms with Crippen LogP contribution in [-0.4, -0.2) is 42.7 Å². The Balaban J connectivity index is 1.62. The largest absolute Gasteiger partial charge is 0.325 e. The van der Waals surface area contributed by atoms with Crippen LogP contribution in [-0.2, 0) is 4.79 Å². The van der Waals surface area contributed by atoms with E-state index in [1.807, 2.05) is 61.7 Å². The number of aryl methyl sites for hydroxylation is 1. The van der Waals surface area contributed by atoms with Crippen molar-refractivity contribution in [3.05, 3.63) is 54.1 Å². The molecular weight excluding hydrogens is 334 g/mol. The molecule has 130 valence electrons. The van der Waals surface area contributed by atoms with Crippen molar-refractivity contribution in [2.75, 3.05) is 36.1 Å². The molecule has 25 heavy (non-hydrogen) atoms. The quantitative estimate of drug-likeness (QED) is 0.834. The Kier molecular flexibility index (Phi) is 5.28. The lowest BCUT2D eigenvalue weighted by atomic mass is 10.2. The van der Waals surface area contributed by atoms with Gasteiger partial charge in [0.25, 0.3) is 0 Å². The first-order valence-electron chi connectivity index (χ1n) is 8.14. The molecule has 1 aliphatic rings. The van der Waals surface area contributed by atoms with E-state index < -0.39 is 0 Å². The number of carbonyl (C=O) groups is 2. The Morgan fingerprint density at radius 2 is 1.84 bits per heavy atom. The molecule has 0 spiro atoms. The van der Waals surface area contributed by atoms with E-state index in [1.165, 1.54) is 0 Å². The molecule has 1 saturated heterocycles. The summed E-state index contributed by atoms with van der Waals surface area (Å²) in [6, 6.07) is 15.4. The van der Waals surface area contributed by atoms with Crippen molar-refractivity contribution in [1.82, 2.24) is 4.90 Å². The zero-order chi connectivity index (χ0) is 17.8. The number of urea groups is 1. The molecule has 3 amide bonds. The Morgan fingerprint density at radius 3 is 2.56 bits per heavy atom. The lowest BCUT2D eigenvalue weighted by Gasteiger charge is -2.19. The van der Waals surface area contributed by atoms with Gasteiger partial charge in [0.15, 0.2) is 0 Å². The lowest BCUT2D eigenvalue weighted by Crippen LogP contribution is -2.37. The summed E-state index contributed by atoms with van der Waals surface area (Å²) in [6.07, 6.45) is 1.97. The summed E-state index contributed by atoms with van der Waals surface area (Å²) in [5, 5.41) is 2.90. The fraction of sp³-hybridized carbons (Fsp3) is 0.263. The maximum Gasteiger partial charge on any atom is 0.325 e. The molecule has 6 heteroatoms. The maximum atomic E-state index is 12.6. The molecule has 0 atom stereocenters. The Morgan fingerprint density at radius 1 is 1.12 bits per heavy atom. The van der Waals surface area contributed by atoms with Crippen molar-refractivity contribution in [3.8, 4) is 0 Å². The van der Waals surface area contributed by atoms with Gasteiger partial charge in [-0.25, -0.2) is 4.79 Å². The minimum absolute atomic E-state index is 0.0594. The summed E-state index contributed by atoms with van der Waals surface area (Å²) >= 11 is 1.58. The van der Waals surface area contributed by atoms with Crippen LogP contribution in [0.15, 0.2) is 53.4 Å². The lowest BCUT2D eigenvalue weighted by molar-refractivity contribution is -0.116. The molecule has 1 N–H and O–H groups in total. The van der Waals surface area contributed by atoms with Crippen LogP contribution in [0.5, 0.6) is 0 Å². The van der Waals surface area contributed by atoms with Gasteiger partial charge in [-0.2, -0.15) is 0 Å². The van der Waals surface area contributed by atoms with Gasteiger partial charge < -0.3 is 10.2 Å². The molecule has 2 aromatic rings. The van der Waals surface area contributed by atoms with Crippen LogP contribution in [0.4, 0.5) is 16.2 Å². The summed E-state index contributed by atoms with van der Waals surface area (Å²) in [5.74, 6) is -0.180. The van der Waals surface area contributed by atoms with Crippen molar-refractivity contribution in [1.29, 1.82) is 0 Å². The highest BCUT2D eigenvalue weighted by Gasteiger charge is 2.30. The van der Waals surface area contributed by atoms with Crippen molar-refractivity contribution < 1.29 is 9.59 Å². The van der Waals surface area contributed by atoms with Gasteiger partial charge in [0.2, 0.25) is 5.91 Å². The average Bonchev–Trinajstić information content (AvgIpc) is 2.97. The number of para-hydroxylation sites is 1. The second-order valence-corrected chi connectivity index (χ2v) is 6.79. The molecule has 1 aliphatic heterocycles. The highest BCUT2D eigenvalue weighted by molar-refractivity contribution is 7.98. The number of amides is 3.